The Balaban J connectivity index is 1.92. The highest BCUT2D eigenvalue weighted by Gasteiger charge is 2.30. The lowest BCUT2D eigenvalue weighted by atomic mass is 10.1. The summed E-state index contributed by atoms with van der Waals surface area (Å²) in [6.07, 6.45) is 2.01. The summed E-state index contributed by atoms with van der Waals surface area (Å²) in [6, 6.07) is 9.47. The molecule has 4 heteroatoms. The number of ether oxygens (including phenoxy) is 1. The number of carbonyl (C=O) groups excluding carboxylic acids is 1. The van der Waals surface area contributed by atoms with Crippen molar-refractivity contribution in [2.75, 3.05) is 19.7 Å². The van der Waals surface area contributed by atoms with E-state index in [-0.39, 0.29) is 12.5 Å². The number of aliphatic hydroxyl groups excluding tert-OH is 1. The van der Waals surface area contributed by atoms with E-state index < -0.39 is 6.10 Å². The first kappa shape index (κ1) is 14.9. The summed E-state index contributed by atoms with van der Waals surface area (Å²) in [5, 5.41) is 8.97. The van der Waals surface area contributed by atoms with Crippen LogP contribution in [0.5, 0.6) is 5.75 Å². The molecule has 0 aromatic heterocycles. The molecule has 0 bridgehead atoms. The Morgan fingerprint density at radius 1 is 1.45 bits per heavy atom. The highest BCUT2D eigenvalue weighted by molar-refractivity contribution is 5.81. The van der Waals surface area contributed by atoms with E-state index in [4.69, 9.17) is 9.84 Å². The maximum atomic E-state index is 12.5. The summed E-state index contributed by atoms with van der Waals surface area (Å²) >= 11 is 0. The largest absolute Gasteiger partial charge is 0.481 e. The quantitative estimate of drug-likeness (QED) is 0.866. The van der Waals surface area contributed by atoms with Gasteiger partial charge in [0.25, 0.3) is 5.91 Å². The molecule has 1 N–H and O–H groups in total. The number of likely N-dealkylation sites (tertiary alicyclic amines) is 1. The molecule has 1 aromatic rings. The van der Waals surface area contributed by atoms with Crippen LogP contribution in [0.2, 0.25) is 0 Å². The zero-order chi connectivity index (χ0) is 14.4. The number of nitrogens with zero attached hydrogens (tertiary/aromatic N) is 1. The molecule has 4 nitrogen and oxygen atoms in total. The van der Waals surface area contributed by atoms with E-state index >= 15 is 0 Å². The zero-order valence-corrected chi connectivity index (χ0v) is 12.0. The summed E-state index contributed by atoms with van der Waals surface area (Å²) in [4.78, 5) is 14.3. The molecule has 110 valence electrons. The van der Waals surface area contributed by atoms with Crippen molar-refractivity contribution in [3.8, 4) is 5.75 Å². The Morgan fingerprint density at radius 2 is 2.20 bits per heavy atom. The van der Waals surface area contributed by atoms with Crippen molar-refractivity contribution in [3.63, 3.8) is 0 Å². The fourth-order valence-electron chi connectivity index (χ4n) is 2.63. The van der Waals surface area contributed by atoms with Crippen LogP contribution in [0.1, 0.15) is 26.2 Å². The smallest absolute Gasteiger partial charge is 0.263 e. The predicted octanol–water partition coefficient (Wildman–Crippen LogP) is 2.07. The number of aliphatic hydroxyl groups is 1. The Labute approximate surface area is 120 Å². The lowest BCUT2D eigenvalue weighted by molar-refractivity contribution is -0.137. The van der Waals surface area contributed by atoms with E-state index in [0.29, 0.717) is 12.3 Å². The van der Waals surface area contributed by atoms with Gasteiger partial charge >= 0.3 is 0 Å². The SMILES string of the molecule is CCC(Oc1ccccc1)C(=O)N1CCC(CCO)C1. The van der Waals surface area contributed by atoms with Gasteiger partial charge < -0.3 is 14.7 Å². The molecule has 0 saturated carbocycles. The summed E-state index contributed by atoms with van der Waals surface area (Å²) in [7, 11) is 0. The second kappa shape index (κ2) is 7.29. The Morgan fingerprint density at radius 3 is 2.85 bits per heavy atom. The molecule has 1 heterocycles. The average Bonchev–Trinajstić information content (AvgIpc) is 2.94. The summed E-state index contributed by atoms with van der Waals surface area (Å²) in [5.74, 6) is 1.23. The van der Waals surface area contributed by atoms with E-state index in [9.17, 15) is 4.79 Å². The number of rotatable bonds is 6. The van der Waals surface area contributed by atoms with Crippen molar-refractivity contribution in [3.05, 3.63) is 30.3 Å². The standard InChI is InChI=1S/C16H23NO3/c1-2-15(20-14-6-4-3-5-7-14)16(19)17-10-8-13(12-17)9-11-18/h3-7,13,15,18H,2,8-12H2,1H3. The molecule has 0 radical (unpaired) electrons. The monoisotopic (exact) mass is 277 g/mol. The fraction of sp³-hybridized carbons (Fsp3) is 0.562. The lowest BCUT2D eigenvalue weighted by Crippen LogP contribution is -2.40. The number of para-hydroxylation sites is 1. The van der Waals surface area contributed by atoms with Gasteiger partial charge in [-0.05, 0) is 37.3 Å². The second-order valence-corrected chi connectivity index (χ2v) is 5.28. The minimum atomic E-state index is -0.412. The van der Waals surface area contributed by atoms with Crippen LogP contribution < -0.4 is 4.74 Å². The van der Waals surface area contributed by atoms with Gasteiger partial charge in [-0.25, -0.2) is 0 Å². The van der Waals surface area contributed by atoms with Crippen LogP contribution in [-0.2, 0) is 4.79 Å². The summed E-state index contributed by atoms with van der Waals surface area (Å²) in [6.45, 7) is 3.68. The maximum absolute atomic E-state index is 12.5. The molecule has 1 aliphatic rings. The van der Waals surface area contributed by atoms with E-state index in [1.165, 1.54) is 0 Å². The van der Waals surface area contributed by atoms with Gasteiger partial charge in [0.2, 0.25) is 0 Å². The lowest BCUT2D eigenvalue weighted by Gasteiger charge is -2.23. The molecule has 1 saturated heterocycles. The number of carbonyl (C=O) groups is 1. The molecule has 0 aliphatic carbocycles. The van der Waals surface area contributed by atoms with Gasteiger partial charge in [0, 0.05) is 19.7 Å². The molecular formula is C16H23NO3. The first-order chi connectivity index (χ1) is 9.74. The molecule has 20 heavy (non-hydrogen) atoms. The van der Waals surface area contributed by atoms with Crippen LogP contribution in [0.4, 0.5) is 0 Å². The fourth-order valence-corrected chi connectivity index (χ4v) is 2.63. The van der Waals surface area contributed by atoms with Crippen LogP contribution in [-0.4, -0.2) is 41.7 Å². The van der Waals surface area contributed by atoms with Crippen LogP contribution in [0, 0.1) is 5.92 Å². The van der Waals surface area contributed by atoms with Crippen molar-refractivity contribution in [2.45, 2.75) is 32.3 Å². The minimum Gasteiger partial charge on any atom is -0.481 e. The van der Waals surface area contributed by atoms with Crippen molar-refractivity contribution in [2.24, 2.45) is 5.92 Å². The van der Waals surface area contributed by atoms with Gasteiger partial charge in [0.1, 0.15) is 5.75 Å². The first-order valence-electron chi connectivity index (χ1n) is 7.36. The van der Waals surface area contributed by atoms with Crippen molar-refractivity contribution in [1.82, 2.24) is 4.90 Å². The van der Waals surface area contributed by atoms with E-state index in [2.05, 4.69) is 0 Å². The number of hydrogen-bond donors (Lipinski definition) is 1. The minimum absolute atomic E-state index is 0.0665. The van der Waals surface area contributed by atoms with Gasteiger partial charge in [-0.15, -0.1) is 0 Å². The molecule has 1 amide bonds. The Kier molecular flexibility index (Phi) is 5.41. The third kappa shape index (κ3) is 3.73. The highest BCUT2D eigenvalue weighted by atomic mass is 16.5. The maximum Gasteiger partial charge on any atom is 0.263 e. The molecule has 1 fully saturated rings. The zero-order valence-electron chi connectivity index (χ0n) is 12.0. The average molecular weight is 277 g/mol. The van der Waals surface area contributed by atoms with E-state index in [1.807, 2.05) is 42.2 Å². The molecule has 2 unspecified atom stereocenters. The van der Waals surface area contributed by atoms with Crippen molar-refractivity contribution in [1.29, 1.82) is 0 Å². The van der Waals surface area contributed by atoms with Crippen LogP contribution in [0.25, 0.3) is 0 Å². The third-order valence-corrected chi connectivity index (χ3v) is 3.80. The van der Waals surface area contributed by atoms with Gasteiger partial charge in [-0.3, -0.25) is 4.79 Å². The number of amides is 1. The van der Waals surface area contributed by atoms with Gasteiger partial charge in [-0.1, -0.05) is 25.1 Å². The topological polar surface area (TPSA) is 49.8 Å². The molecule has 0 spiro atoms. The molecule has 1 aromatic carbocycles. The van der Waals surface area contributed by atoms with Crippen LogP contribution in [0.3, 0.4) is 0 Å². The molecule has 1 aliphatic heterocycles. The predicted molar refractivity (Wildman–Crippen MR) is 77.5 cm³/mol. The first-order valence-corrected chi connectivity index (χ1v) is 7.36. The highest BCUT2D eigenvalue weighted by Crippen LogP contribution is 2.22. The van der Waals surface area contributed by atoms with Crippen LogP contribution >= 0.6 is 0 Å². The van der Waals surface area contributed by atoms with Gasteiger partial charge in [0.15, 0.2) is 6.10 Å². The van der Waals surface area contributed by atoms with Crippen molar-refractivity contribution < 1.29 is 14.6 Å². The number of hydrogen-bond acceptors (Lipinski definition) is 3. The van der Waals surface area contributed by atoms with Gasteiger partial charge in [0.05, 0.1) is 0 Å². The molecular weight excluding hydrogens is 254 g/mol. The molecule has 2 rings (SSSR count). The third-order valence-electron chi connectivity index (χ3n) is 3.80. The van der Waals surface area contributed by atoms with E-state index in [1.54, 1.807) is 0 Å². The Hall–Kier alpha value is -1.55. The molecule has 2 atom stereocenters. The van der Waals surface area contributed by atoms with Crippen molar-refractivity contribution >= 4 is 5.91 Å². The summed E-state index contributed by atoms with van der Waals surface area (Å²) in [5.41, 5.74) is 0. The Bertz CT molecular complexity index is 421. The van der Waals surface area contributed by atoms with E-state index in [0.717, 1.165) is 31.7 Å². The summed E-state index contributed by atoms with van der Waals surface area (Å²) < 4.78 is 5.79. The van der Waals surface area contributed by atoms with Gasteiger partial charge in [-0.2, -0.15) is 0 Å². The second-order valence-electron chi connectivity index (χ2n) is 5.28. The van der Waals surface area contributed by atoms with Crippen LogP contribution in [0.15, 0.2) is 30.3 Å². The number of benzene rings is 1. The normalized spacial score (nSPS) is 19.9.